The summed E-state index contributed by atoms with van der Waals surface area (Å²) in [7, 11) is 0. The Morgan fingerprint density at radius 1 is 1.04 bits per heavy atom. The molecular weight excluding hydrogens is 364 g/mol. The molecule has 0 saturated heterocycles. The van der Waals surface area contributed by atoms with Crippen molar-refractivity contribution in [2.45, 2.75) is 46.3 Å². The van der Waals surface area contributed by atoms with Crippen LogP contribution in [0.2, 0.25) is 5.02 Å². The minimum absolute atomic E-state index is 0.0313. The van der Waals surface area contributed by atoms with E-state index in [1.165, 1.54) is 0 Å². The normalized spacial score (nSPS) is 10.8. The summed E-state index contributed by atoms with van der Waals surface area (Å²) in [6.07, 6.45) is 0.238. The molecule has 0 heterocycles. The highest BCUT2D eigenvalue weighted by Gasteiger charge is 2.15. The molecular formula is C21H25ClN2O3. The predicted octanol–water partition coefficient (Wildman–Crippen LogP) is 4.45. The predicted molar refractivity (Wildman–Crippen MR) is 109 cm³/mol. The van der Waals surface area contributed by atoms with Crippen molar-refractivity contribution < 1.29 is 14.3 Å². The van der Waals surface area contributed by atoms with E-state index >= 15 is 0 Å². The van der Waals surface area contributed by atoms with E-state index in [0.717, 1.165) is 5.56 Å². The van der Waals surface area contributed by atoms with Gasteiger partial charge in [-0.1, -0.05) is 23.7 Å². The van der Waals surface area contributed by atoms with Gasteiger partial charge in [0.05, 0.1) is 18.1 Å². The summed E-state index contributed by atoms with van der Waals surface area (Å²) in [5, 5.41) is 6.15. The Morgan fingerprint density at radius 2 is 1.70 bits per heavy atom. The molecule has 2 aromatic rings. The van der Waals surface area contributed by atoms with Crippen LogP contribution in [0.15, 0.2) is 42.5 Å². The van der Waals surface area contributed by atoms with Crippen LogP contribution < -0.4 is 15.4 Å². The highest BCUT2D eigenvalue weighted by atomic mass is 35.5. The molecule has 144 valence electrons. The van der Waals surface area contributed by atoms with Crippen LogP contribution in [0.5, 0.6) is 5.75 Å². The number of carbonyl (C=O) groups excluding carboxylic acids is 2. The molecule has 0 atom stereocenters. The van der Waals surface area contributed by atoms with E-state index in [1.807, 2.05) is 39.8 Å². The largest absolute Gasteiger partial charge is 0.490 e. The maximum atomic E-state index is 12.6. The van der Waals surface area contributed by atoms with Gasteiger partial charge in [0.2, 0.25) is 5.91 Å². The molecule has 6 heteroatoms. The van der Waals surface area contributed by atoms with Gasteiger partial charge in [0.15, 0.2) is 0 Å². The molecule has 2 amide bonds. The minimum atomic E-state index is -0.307. The third-order valence-corrected chi connectivity index (χ3v) is 3.81. The van der Waals surface area contributed by atoms with Crippen molar-refractivity contribution in [2.75, 3.05) is 5.32 Å². The van der Waals surface area contributed by atoms with Crippen molar-refractivity contribution in [3.63, 3.8) is 0 Å². The molecule has 0 aromatic heterocycles. The van der Waals surface area contributed by atoms with Gasteiger partial charge in [0.25, 0.3) is 5.91 Å². The lowest BCUT2D eigenvalue weighted by atomic mass is 10.1. The fourth-order valence-electron chi connectivity index (χ4n) is 2.50. The van der Waals surface area contributed by atoms with E-state index in [1.54, 1.807) is 30.3 Å². The van der Waals surface area contributed by atoms with Gasteiger partial charge in [0.1, 0.15) is 5.75 Å². The first-order valence-electron chi connectivity index (χ1n) is 8.90. The van der Waals surface area contributed by atoms with Crippen molar-refractivity contribution in [1.82, 2.24) is 5.32 Å². The molecule has 0 aliphatic rings. The maximum Gasteiger partial charge on any atom is 0.259 e. The number of nitrogens with one attached hydrogen (secondary N) is 2. The number of anilines is 1. The van der Waals surface area contributed by atoms with Gasteiger partial charge < -0.3 is 15.4 Å². The van der Waals surface area contributed by atoms with Crippen molar-refractivity contribution in [3.8, 4) is 5.75 Å². The molecule has 0 bridgehead atoms. The first-order chi connectivity index (χ1) is 12.7. The number of amides is 2. The van der Waals surface area contributed by atoms with E-state index in [0.29, 0.717) is 28.4 Å². The van der Waals surface area contributed by atoms with E-state index in [-0.39, 0.29) is 24.0 Å². The molecule has 2 aromatic carbocycles. The van der Waals surface area contributed by atoms with Gasteiger partial charge in [-0.2, -0.15) is 0 Å². The summed E-state index contributed by atoms with van der Waals surface area (Å²) in [6.45, 7) is 7.63. The average Bonchev–Trinajstić information content (AvgIpc) is 2.57. The van der Waals surface area contributed by atoms with Crippen LogP contribution in [0.3, 0.4) is 0 Å². The molecule has 27 heavy (non-hydrogen) atoms. The van der Waals surface area contributed by atoms with Crippen molar-refractivity contribution in [3.05, 3.63) is 58.6 Å². The number of benzene rings is 2. The van der Waals surface area contributed by atoms with Crippen molar-refractivity contribution in [1.29, 1.82) is 0 Å². The lowest BCUT2D eigenvalue weighted by Crippen LogP contribution is -2.31. The fourth-order valence-corrected chi connectivity index (χ4v) is 2.67. The summed E-state index contributed by atoms with van der Waals surface area (Å²) >= 11 is 6.03. The summed E-state index contributed by atoms with van der Waals surface area (Å²) in [6, 6.07) is 12.2. The molecule has 0 saturated carbocycles. The number of hydrogen-bond acceptors (Lipinski definition) is 3. The molecule has 5 nitrogen and oxygen atoms in total. The summed E-state index contributed by atoms with van der Waals surface area (Å²) in [4.78, 5) is 24.5. The van der Waals surface area contributed by atoms with E-state index in [2.05, 4.69) is 10.6 Å². The molecule has 0 spiro atoms. The molecule has 2 N–H and O–H groups in total. The maximum absolute atomic E-state index is 12.6. The summed E-state index contributed by atoms with van der Waals surface area (Å²) in [5.41, 5.74) is 1.87. The zero-order chi connectivity index (χ0) is 20.0. The number of halogens is 1. The number of ether oxygens (including phenoxy) is 1. The van der Waals surface area contributed by atoms with E-state index in [4.69, 9.17) is 16.3 Å². The van der Waals surface area contributed by atoms with Gasteiger partial charge in [-0.15, -0.1) is 0 Å². The number of rotatable bonds is 7. The summed E-state index contributed by atoms with van der Waals surface area (Å²) < 4.78 is 5.69. The standard InChI is InChI=1S/C21H25ClN2O3/c1-13(2)23-20(25)11-15-5-8-17(9-6-15)24-21(26)18-12-16(22)7-10-19(18)27-14(3)4/h5-10,12-14H,11H2,1-4H3,(H,23,25)(H,24,26). The van der Waals surface area contributed by atoms with Crippen LogP contribution in [-0.2, 0) is 11.2 Å². The van der Waals surface area contributed by atoms with Gasteiger partial charge in [-0.25, -0.2) is 0 Å². The van der Waals surface area contributed by atoms with Crippen LogP contribution in [0.4, 0.5) is 5.69 Å². The Hall–Kier alpha value is -2.53. The van der Waals surface area contributed by atoms with Gasteiger partial charge in [0, 0.05) is 16.8 Å². The molecule has 0 fully saturated rings. The topological polar surface area (TPSA) is 67.4 Å². The first-order valence-corrected chi connectivity index (χ1v) is 9.28. The van der Waals surface area contributed by atoms with Crippen LogP contribution in [-0.4, -0.2) is 24.0 Å². The highest BCUT2D eigenvalue weighted by molar-refractivity contribution is 6.31. The quantitative estimate of drug-likeness (QED) is 0.736. The Labute approximate surface area is 165 Å². The third kappa shape index (κ3) is 6.61. The second-order valence-corrected chi connectivity index (χ2v) is 7.29. The smallest absolute Gasteiger partial charge is 0.259 e. The number of hydrogen-bond donors (Lipinski definition) is 2. The van der Waals surface area contributed by atoms with Crippen LogP contribution in [0, 0.1) is 0 Å². The van der Waals surface area contributed by atoms with Crippen molar-refractivity contribution >= 4 is 29.1 Å². The fraction of sp³-hybridized carbons (Fsp3) is 0.333. The van der Waals surface area contributed by atoms with Crippen LogP contribution in [0.1, 0.15) is 43.6 Å². The van der Waals surface area contributed by atoms with Gasteiger partial charge in [-0.05, 0) is 63.6 Å². The Balaban J connectivity index is 2.08. The lowest BCUT2D eigenvalue weighted by Gasteiger charge is -2.14. The Morgan fingerprint density at radius 3 is 2.30 bits per heavy atom. The zero-order valence-corrected chi connectivity index (χ0v) is 16.8. The van der Waals surface area contributed by atoms with Crippen LogP contribution >= 0.6 is 11.6 Å². The monoisotopic (exact) mass is 388 g/mol. The molecule has 2 rings (SSSR count). The molecule has 0 aliphatic carbocycles. The average molecular weight is 389 g/mol. The summed E-state index contributed by atoms with van der Waals surface area (Å²) in [5.74, 6) is 0.142. The minimum Gasteiger partial charge on any atom is -0.490 e. The third-order valence-electron chi connectivity index (χ3n) is 3.58. The molecule has 0 aliphatic heterocycles. The first kappa shape index (κ1) is 20.8. The second kappa shape index (κ2) is 9.42. The van der Waals surface area contributed by atoms with Crippen LogP contribution in [0.25, 0.3) is 0 Å². The van der Waals surface area contributed by atoms with Gasteiger partial charge >= 0.3 is 0 Å². The molecule has 0 unspecified atom stereocenters. The Kier molecular flexibility index (Phi) is 7.25. The second-order valence-electron chi connectivity index (χ2n) is 6.86. The SMILES string of the molecule is CC(C)NC(=O)Cc1ccc(NC(=O)c2cc(Cl)ccc2OC(C)C)cc1. The zero-order valence-electron chi connectivity index (χ0n) is 16.0. The molecule has 0 radical (unpaired) electrons. The lowest BCUT2D eigenvalue weighted by molar-refractivity contribution is -0.120. The number of carbonyl (C=O) groups is 2. The Bertz CT molecular complexity index is 802. The van der Waals surface area contributed by atoms with E-state index < -0.39 is 0 Å². The highest BCUT2D eigenvalue weighted by Crippen LogP contribution is 2.25. The van der Waals surface area contributed by atoms with Crippen molar-refractivity contribution in [2.24, 2.45) is 0 Å². The van der Waals surface area contributed by atoms with E-state index in [9.17, 15) is 9.59 Å². The van der Waals surface area contributed by atoms with Gasteiger partial charge in [-0.3, -0.25) is 9.59 Å².